The predicted molar refractivity (Wildman–Crippen MR) is 61.6 cm³/mol. The number of nitrogen functional groups attached to an aromatic ring is 1. The molecule has 0 aliphatic carbocycles. The van der Waals surface area contributed by atoms with Gasteiger partial charge in [-0.05, 0) is 31.6 Å². The maximum Gasteiger partial charge on any atom is 0.192 e. The van der Waals surface area contributed by atoms with E-state index in [1.165, 1.54) is 0 Å². The molecule has 0 fully saturated rings. The second kappa shape index (κ2) is 4.55. The lowest BCUT2D eigenvalue weighted by Crippen LogP contribution is -2.06. The Balaban J connectivity index is 3.06. The van der Waals surface area contributed by atoms with Crippen LogP contribution in [0.5, 0.6) is 0 Å². The van der Waals surface area contributed by atoms with Crippen LogP contribution in [0.2, 0.25) is 0 Å². The molecule has 0 aromatic carbocycles. The van der Waals surface area contributed by atoms with E-state index in [1.54, 1.807) is 31.3 Å². The Morgan fingerprint density at radius 2 is 2.20 bits per heavy atom. The van der Waals surface area contributed by atoms with Crippen LogP contribution in [-0.4, -0.2) is 10.8 Å². The molecule has 1 heterocycles. The molecule has 1 rings (SSSR count). The zero-order chi connectivity index (χ0) is 11.4. The molecule has 0 saturated heterocycles. The van der Waals surface area contributed by atoms with Crippen molar-refractivity contribution < 1.29 is 4.79 Å². The van der Waals surface area contributed by atoms with Crippen LogP contribution in [0.4, 0.5) is 5.82 Å². The van der Waals surface area contributed by atoms with Crippen molar-refractivity contribution in [1.82, 2.24) is 4.98 Å². The molecular weight excluding hydrogens is 188 g/mol. The van der Waals surface area contributed by atoms with Crippen molar-refractivity contribution >= 4 is 11.6 Å². The van der Waals surface area contributed by atoms with Gasteiger partial charge in [0.25, 0.3) is 0 Å². The Kier molecular flexibility index (Phi) is 3.39. The molecule has 0 aliphatic heterocycles. The molecule has 1 aromatic rings. The first-order valence-electron chi connectivity index (χ1n) is 4.61. The van der Waals surface area contributed by atoms with Crippen molar-refractivity contribution in [2.45, 2.75) is 13.8 Å². The van der Waals surface area contributed by atoms with Crippen molar-refractivity contribution in [2.75, 3.05) is 5.73 Å². The smallest absolute Gasteiger partial charge is 0.192 e. The van der Waals surface area contributed by atoms with E-state index in [-0.39, 0.29) is 11.6 Å². The van der Waals surface area contributed by atoms with E-state index in [4.69, 9.17) is 5.73 Å². The summed E-state index contributed by atoms with van der Waals surface area (Å²) < 4.78 is 0. The lowest BCUT2D eigenvalue weighted by molar-refractivity contribution is 0.103. The minimum atomic E-state index is -0.108. The van der Waals surface area contributed by atoms with Gasteiger partial charge in [0.1, 0.15) is 5.82 Å². The van der Waals surface area contributed by atoms with Gasteiger partial charge >= 0.3 is 0 Å². The molecule has 1 aromatic heterocycles. The van der Waals surface area contributed by atoms with E-state index >= 15 is 0 Å². The lowest BCUT2D eigenvalue weighted by atomic mass is 10.0. The van der Waals surface area contributed by atoms with Crippen LogP contribution in [0, 0.1) is 0 Å². The number of ketones is 1. The van der Waals surface area contributed by atoms with E-state index < -0.39 is 0 Å². The van der Waals surface area contributed by atoms with E-state index in [0.717, 1.165) is 5.57 Å². The summed E-state index contributed by atoms with van der Waals surface area (Å²) in [5.74, 6) is 0.153. The number of carbonyl (C=O) groups excluding carboxylic acids is 1. The van der Waals surface area contributed by atoms with Crippen LogP contribution < -0.4 is 5.73 Å². The SMILES string of the molecule is C=C(C)/C=C(\C)C(=O)c1cccnc1N. The number of Topliss-reactive ketones (excluding diaryl/α,β-unsaturated/α-hetero) is 1. The molecule has 15 heavy (non-hydrogen) atoms. The van der Waals surface area contributed by atoms with Gasteiger partial charge in [0, 0.05) is 6.20 Å². The first-order chi connectivity index (χ1) is 7.02. The number of hydrogen-bond acceptors (Lipinski definition) is 3. The summed E-state index contributed by atoms with van der Waals surface area (Å²) in [5, 5.41) is 0. The third-order valence-corrected chi connectivity index (χ3v) is 1.90. The fourth-order valence-corrected chi connectivity index (χ4v) is 1.26. The topological polar surface area (TPSA) is 56.0 Å². The second-order valence-corrected chi connectivity index (χ2v) is 3.44. The molecule has 0 saturated carbocycles. The van der Waals surface area contributed by atoms with Crippen LogP contribution in [0.25, 0.3) is 0 Å². The van der Waals surface area contributed by atoms with Gasteiger partial charge in [-0.1, -0.05) is 18.2 Å². The minimum absolute atomic E-state index is 0.108. The molecule has 0 bridgehead atoms. The number of hydrogen-bond donors (Lipinski definition) is 1. The number of carbonyl (C=O) groups is 1. The van der Waals surface area contributed by atoms with Crippen LogP contribution in [0.3, 0.4) is 0 Å². The van der Waals surface area contributed by atoms with Gasteiger partial charge in [-0.25, -0.2) is 4.98 Å². The zero-order valence-electron chi connectivity index (χ0n) is 8.95. The van der Waals surface area contributed by atoms with Crippen LogP contribution in [0.1, 0.15) is 24.2 Å². The Labute approximate surface area is 89.3 Å². The zero-order valence-corrected chi connectivity index (χ0v) is 8.95. The molecule has 0 amide bonds. The van der Waals surface area contributed by atoms with Crippen molar-refractivity contribution in [3.63, 3.8) is 0 Å². The predicted octanol–water partition coefficient (Wildman–Crippen LogP) is 2.37. The average Bonchev–Trinajstić information content (AvgIpc) is 2.16. The van der Waals surface area contributed by atoms with Crippen molar-refractivity contribution in [1.29, 1.82) is 0 Å². The molecule has 3 heteroatoms. The first-order valence-corrected chi connectivity index (χ1v) is 4.61. The van der Waals surface area contributed by atoms with Crippen LogP contribution in [0.15, 0.2) is 42.1 Å². The number of allylic oxidation sites excluding steroid dienone is 3. The summed E-state index contributed by atoms with van der Waals surface area (Å²) in [5.41, 5.74) is 7.50. The highest BCUT2D eigenvalue weighted by atomic mass is 16.1. The largest absolute Gasteiger partial charge is 0.383 e. The molecule has 0 atom stereocenters. The molecule has 3 nitrogen and oxygen atoms in total. The van der Waals surface area contributed by atoms with Crippen molar-refractivity contribution in [3.05, 3.63) is 47.7 Å². The Hall–Kier alpha value is -1.90. The third-order valence-electron chi connectivity index (χ3n) is 1.90. The Bertz CT molecular complexity index is 433. The van der Waals surface area contributed by atoms with Crippen molar-refractivity contribution in [2.24, 2.45) is 0 Å². The van der Waals surface area contributed by atoms with E-state index in [0.29, 0.717) is 11.1 Å². The number of nitrogens with zero attached hydrogens (tertiary/aromatic N) is 1. The highest BCUT2D eigenvalue weighted by Crippen LogP contribution is 2.13. The molecule has 0 spiro atoms. The summed E-state index contributed by atoms with van der Waals surface area (Å²) in [6.45, 7) is 7.29. The number of rotatable bonds is 3. The summed E-state index contributed by atoms with van der Waals surface area (Å²) in [6, 6.07) is 3.36. The summed E-state index contributed by atoms with van der Waals surface area (Å²) in [6.07, 6.45) is 3.29. The summed E-state index contributed by atoms with van der Waals surface area (Å²) in [7, 11) is 0. The fourth-order valence-electron chi connectivity index (χ4n) is 1.26. The highest BCUT2D eigenvalue weighted by molar-refractivity contribution is 6.11. The Morgan fingerprint density at radius 1 is 1.53 bits per heavy atom. The second-order valence-electron chi connectivity index (χ2n) is 3.44. The normalized spacial score (nSPS) is 11.2. The van der Waals surface area contributed by atoms with Gasteiger partial charge in [0.2, 0.25) is 0 Å². The number of anilines is 1. The molecule has 0 unspecified atom stereocenters. The van der Waals surface area contributed by atoms with Gasteiger partial charge in [-0.3, -0.25) is 4.79 Å². The van der Waals surface area contributed by atoms with E-state index in [1.807, 2.05) is 6.92 Å². The minimum Gasteiger partial charge on any atom is -0.383 e. The van der Waals surface area contributed by atoms with Gasteiger partial charge < -0.3 is 5.73 Å². The average molecular weight is 202 g/mol. The maximum absolute atomic E-state index is 11.9. The van der Waals surface area contributed by atoms with Gasteiger partial charge in [-0.15, -0.1) is 0 Å². The molecule has 2 N–H and O–H groups in total. The maximum atomic E-state index is 11.9. The first kappa shape index (κ1) is 11.2. The molecular formula is C12H14N2O. The van der Waals surface area contributed by atoms with E-state index in [2.05, 4.69) is 11.6 Å². The van der Waals surface area contributed by atoms with E-state index in [9.17, 15) is 4.79 Å². The van der Waals surface area contributed by atoms with Crippen LogP contribution >= 0.6 is 0 Å². The monoisotopic (exact) mass is 202 g/mol. The van der Waals surface area contributed by atoms with Gasteiger partial charge in [0.15, 0.2) is 5.78 Å². The molecule has 0 aliphatic rings. The van der Waals surface area contributed by atoms with Crippen LogP contribution in [-0.2, 0) is 0 Å². The van der Waals surface area contributed by atoms with Gasteiger partial charge in [0.05, 0.1) is 5.56 Å². The number of nitrogens with two attached hydrogens (primary N) is 1. The summed E-state index contributed by atoms with van der Waals surface area (Å²) in [4.78, 5) is 15.7. The standard InChI is InChI=1S/C12H14N2O/c1-8(2)7-9(3)11(15)10-5-4-6-14-12(10)13/h4-7H,1H2,2-3H3,(H2,13,14)/b9-7+. The quantitative estimate of drug-likeness (QED) is 0.465. The Morgan fingerprint density at radius 3 is 2.73 bits per heavy atom. The lowest BCUT2D eigenvalue weighted by Gasteiger charge is -2.03. The number of pyridine rings is 1. The third kappa shape index (κ3) is 2.77. The van der Waals surface area contributed by atoms with Gasteiger partial charge in [-0.2, -0.15) is 0 Å². The molecule has 0 radical (unpaired) electrons. The number of aromatic nitrogens is 1. The van der Waals surface area contributed by atoms with Crippen molar-refractivity contribution in [3.8, 4) is 0 Å². The molecule has 78 valence electrons. The fraction of sp³-hybridized carbons (Fsp3) is 0.167. The summed E-state index contributed by atoms with van der Waals surface area (Å²) >= 11 is 0. The highest BCUT2D eigenvalue weighted by Gasteiger charge is 2.11.